The Morgan fingerprint density at radius 1 is 1.50 bits per heavy atom. The molecule has 0 aromatic heterocycles. The highest BCUT2D eigenvalue weighted by atomic mass is 15.4. The van der Waals surface area contributed by atoms with Crippen LogP contribution >= 0.6 is 0 Å². The van der Waals surface area contributed by atoms with E-state index >= 15 is 0 Å². The Morgan fingerprint density at radius 3 is 2.50 bits per heavy atom. The molecule has 2 aliphatic heterocycles. The number of quaternary nitrogens is 1. The highest BCUT2D eigenvalue weighted by Gasteiger charge is 2.51. The standard InChI is InChI=1S/C9H16N/c1-7-4-5-8-6-9(7)10(8,2)3/h4,8-9H,5-6H2,1-3H3/q+1. The number of fused-ring (bicyclic) bond motifs is 1. The van der Waals surface area contributed by atoms with Crippen molar-refractivity contribution in [2.24, 2.45) is 0 Å². The molecule has 10 heavy (non-hydrogen) atoms. The van der Waals surface area contributed by atoms with E-state index in [0.29, 0.717) is 0 Å². The summed E-state index contributed by atoms with van der Waals surface area (Å²) in [7, 11) is 4.71. The number of likely N-dealkylation sites (N-methyl/N-ethyl adjacent to an activating group) is 1. The van der Waals surface area contributed by atoms with Crippen molar-refractivity contribution >= 4 is 0 Å². The number of hydrogen-bond donors (Lipinski definition) is 0. The van der Waals surface area contributed by atoms with Crippen LogP contribution in [0.4, 0.5) is 0 Å². The quantitative estimate of drug-likeness (QED) is 0.352. The van der Waals surface area contributed by atoms with Crippen molar-refractivity contribution in [1.29, 1.82) is 0 Å². The molecular weight excluding hydrogens is 122 g/mol. The van der Waals surface area contributed by atoms with Crippen LogP contribution in [-0.4, -0.2) is 30.7 Å². The SMILES string of the molecule is CC1=CCC2CC1[N+]2(C)C. The summed E-state index contributed by atoms with van der Waals surface area (Å²) in [6.45, 7) is 2.28. The maximum absolute atomic E-state index is 2.42. The predicted octanol–water partition coefficient (Wildman–Crippen LogP) is 1.55. The minimum absolute atomic E-state index is 0.860. The zero-order chi connectivity index (χ0) is 7.35. The molecular formula is C9H16N+. The van der Waals surface area contributed by atoms with Crippen molar-refractivity contribution in [2.75, 3.05) is 14.1 Å². The van der Waals surface area contributed by atoms with Gasteiger partial charge in [-0.2, -0.15) is 0 Å². The molecule has 2 heterocycles. The molecule has 1 aliphatic carbocycles. The maximum atomic E-state index is 2.42. The van der Waals surface area contributed by atoms with Crippen LogP contribution in [0.3, 0.4) is 0 Å². The van der Waals surface area contributed by atoms with Crippen LogP contribution in [0, 0.1) is 0 Å². The fourth-order valence-corrected chi connectivity index (χ4v) is 2.45. The summed E-state index contributed by atoms with van der Waals surface area (Å²) < 4.78 is 1.25. The molecule has 0 radical (unpaired) electrons. The number of hydrogen-bond acceptors (Lipinski definition) is 0. The van der Waals surface area contributed by atoms with Gasteiger partial charge in [0.2, 0.25) is 0 Å². The Hall–Kier alpha value is -0.300. The van der Waals surface area contributed by atoms with Gasteiger partial charge in [-0.15, -0.1) is 0 Å². The van der Waals surface area contributed by atoms with Gasteiger partial charge in [-0.05, 0) is 12.5 Å². The predicted molar refractivity (Wildman–Crippen MR) is 42.7 cm³/mol. The van der Waals surface area contributed by atoms with Gasteiger partial charge in [-0.1, -0.05) is 6.08 Å². The van der Waals surface area contributed by atoms with Gasteiger partial charge in [0, 0.05) is 6.42 Å². The maximum Gasteiger partial charge on any atom is 0.116 e. The van der Waals surface area contributed by atoms with Gasteiger partial charge in [-0.3, -0.25) is 0 Å². The average Bonchev–Trinajstić information content (AvgIpc) is 1.87. The molecule has 0 aromatic carbocycles. The third-order valence-electron chi connectivity index (χ3n) is 3.48. The molecule has 0 saturated carbocycles. The first-order valence-corrected chi connectivity index (χ1v) is 4.12. The van der Waals surface area contributed by atoms with Crippen LogP contribution in [0.2, 0.25) is 0 Å². The summed E-state index contributed by atoms with van der Waals surface area (Å²) in [5.41, 5.74) is 1.62. The van der Waals surface area contributed by atoms with Crippen LogP contribution in [-0.2, 0) is 0 Å². The van der Waals surface area contributed by atoms with E-state index in [1.807, 2.05) is 0 Å². The van der Waals surface area contributed by atoms with Gasteiger partial charge in [0.15, 0.2) is 0 Å². The van der Waals surface area contributed by atoms with Gasteiger partial charge in [-0.25, -0.2) is 0 Å². The lowest BCUT2D eigenvalue weighted by Crippen LogP contribution is -2.68. The summed E-state index contributed by atoms with van der Waals surface area (Å²) in [5, 5.41) is 0. The molecule has 0 aromatic rings. The lowest BCUT2D eigenvalue weighted by atomic mass is 9.78. The Morgan fingerprint density at radius 2 is 2.20 bits per heavy atom. The first-order chi connectivity index (χ1) is 4.62. The largest absolute Gasteiger partial charge is 0.319 e. The molecule has 2 atom stereocenters. The van der Waals surface area contributed by atoms with Crippen LogP contribution in [0.5, 0.6) is 0 Å². The van der Waals surface area contributed by atoms with Crippen LogP contribution in [0.1, 0.15) is 19.8 Å². The fourth-order valence-electron chi connectivity index (χ4n) is 2.45. The first-order valence-electron chi connectivity index (χ1n) is 4.12. The highest BCUT2D eigenvalue weighted by molar-refractivity contribution is 5.15. The van der Waals surface area contributed by atoms with Crippen molar-refractivity contribution < 1.29 is 4.48 Å². The molecule has 3 rings (SSSR count). The summed E-state index contributed by atoms with van der Waals surface area (Å²) >= 11 is 0. The van der Waals surface area contributed by atoms with Crippen LogP contribution in [0.15, 0.2) is 11.6 Å². The Labute approximate surface area is 62.9 Å². The van der Waals surface area contributed by atoms with Crippen LogP contribution < -0.4 is 0 Å². The van der Waals surface area contributed by atoms with E-state index < -0.39 is 0 Å². The second kappa shape index (κ2) is 1.65. The van der Waals surface area contributed by atoms with E-state index in [2.05, 4.69) is 27.1 Å². The van der Waals surface area contributed by atoms with Crippen LogP contribution in [0.25, 0.3) is 0 Å². The Balaban J connectivity index is 2.30. The van der Waals surface area contributed by atoms with Gasteiger partial charge >= 0.3 is 0 Å². The lowest BCUT2D eigenvalue weighted by Gasteiger charge is -2.56. The van der Waals surface area contributed by atoms with Gasteiger partial charge in [0.1, 0.15) is 6.04 Å². The Kier molecular flexibility index (Phi) is 1.06. The highest BCUT2D eigenvalue weighted by Crippen LogP contribution is 2.41. The monoisotopic (exact) mass is 138 g/mol. The normalized spacial score (nSPS) is 42.1. The van der Waals surface area contributed by atoms with Crippen molar-refractivity contribution in [1.82, 2.24) is 0 Å². The molecule has 1 fully saturated rings. The smallest absolute Gasteiger partial charge is 0.116 e. The molecule has 1 nitrogen and oxygen atoms in total. The minimum atomic E-state index is 0.860. The molecule has 0 spiro atoms. The van der Waals surface area contributed by atoms with Gasteiger partial charge in [0.05, 0.1) is 26.6 Å². The molecule has 0 amide bonds. The topological polar surface area (TPSA) is 0 Å². The van der Waals surface area contributed by atoms with Crippen molar-refractivity contribution in [3.63, 3.8) is 0 Å². The van der Waals surface area contributed by atoms with E-state index in [1.54, 1.807) is 5.57 Å². The summed E-state index contributed by atoms with van der Waals surface area (Å²) in [6.07, 6.45) is 5.17. The second-order valence-electron chi connectivity index (χ2n) is 4.22. The molecule has 2 bridgehead atoms. The first kappa shape index (κ1) is 6.41. The van der Waals surface area contributed by atoms with Crippen molar-refractivity contribution in [3.8, 4) is 0 Å². The average molecular weight is 138 g/mol. The van der Waals surface area contributed by atoms with E-state index in [-0.39, 0.29) is 0 Å². The second-order valence-corrected chi connectivity index (χ2v) is 4.22. The Bertz CT molecular complexity index is 191. The zero-order valence-electron chi connectivity index (χ0n) is 7.09. The number of nitrogens with zero attached hydrogens (tertiary/aromatic N) is 1. The fraction of sp³-hybridized carbons (Fsp3) is 0.778. The molecule has 1 saturated heterocycles. The third kappa shape index (κ3) is 0.567. The molecule has 1 heteroatoms. The van der Waals surface area contributed by atoms with Crippen molar-refractivity contribution in [2.45, 2.75) is 31.8 Å². The van der Waals surface area contributed by atoms with E-state index in [9.17, 15) is 0 Å². The summed E-state index contributed by atoms with van der Waals surface area (Å²) in [5.74, 6) is 0. The molecule has 3 aliphatic rings. The molecule has 56 valence electrons. The lowest BCUT2D eigenvalue weighted by molar-refractivity contribution is -0.977. The van der Waals surface area contributed by atoms with Gasteiger partial charge in [0.25, 0.3) is 0 Å². The number of rotatable bonds is 0. The van der Waals surface area contributed by atoms with E-state index in [1.165, 1.54) is 17.3 Å². The summed E-state index contributed by atoms with van der Waals surface area (Å²) in [4.78, 5) is 0. The summed E-state index contributed by atoms with van der Waals surface area (Å²) in [6, 6.07) is 1.80. The zero-order valence-corrected chi connectivity index (χ0v) is 7.09. The molecule has 2 unspecified atom stereocenters. The van der Waals surface area contributed by atoms with Crippen molar-refractivity contribution in [3.05, 3.63) is 11.6 Å². The third-order valence-corrected chi connectivity index (χ3v) is 3.48. The molecule has 0 N–H and O–H groups in total. The van der Waals surface area contributed by atoms with E-state index in [4.69, 9.17) is 0 Å². The van der Waals surface area contributed by atoms with E-state index in [0.717, 1.165) is 12.1 Å². The minimum Gasteiger partial charge on any atom is -0.319 e. The van der Waals surface area contributed by atoms with Gasteiger partial charge < -0.3 is 4.48 Å².